The highest BCUT2D eigenvalue weighted by atomic mass is 35.5. The van der Waals surface area contributed by atoms with Crippen LogP contribution >= 0.6 is 23.2 Å². The number of hydrogen-bond donors (Lipinski definition) is 1. The molecule has 12 heteroatoms. The minimum atomic E-state index is -4.68. The van der Waals surface area contributed by atoms with Crippen molar-refractivity contribution in [2.75, 3.05) is 31.1 Å². The summed E-state index contributed by atoms with van der Waals surface area (Å²) in [5, 5.41) is 15.8. The highest BCUT2D eigenvalue weighted by Crippen LogP contribution is 2.38. The van der Waals surface area contributed by atoms with Crippen molar-refractivity contribution in [2.24, 2.45) is 11.8 Å². The molecule has 0 spiro atoms. The highest BCUT2D eigenvalue weighted by molar-refractivity contribution is 6.35. The molecule has 0 unspecified atom stereocenters. The summed E-state index contributed by atoms with van der Waals surface area (Å²) >= 11 is 12.3. The van der Waals surface area contributed by atoms with Crippen LogP contribution in [0.3, 0.4) is 0 Å². The zero-order chi connectivity index (χ0) is 24.2. The molecule has 2 aromatic heterocycles. The smallest absolute Gasteiger partial charge is 0.355 e. The Bertz CT molecular complexity index is 1210. The van der Waals surface area contributed by atoms with Crippen LogP contribution < -0.4 is 4.90 Å². The molecular weight excluding hydrogens is 492 g/mol. The van der Waals surface area contributed by atoms with Crippen LogP contribution in [0.25, 0.3) is 11.2 Å². The van der Waals surface area contributed by atoms with Gasteiger partial charge in [0.25, 0.3) is 0 Å². The summed E-state index contributed by atoms with van der Waals surface area (Å²) in [7, 11) is 0. The fourth-order valence-electron chi connectivity index (χ4n) is 4.86. The van der Waals surface area contributed by atoms with Crippen molar-refractivity contribution >= 4 is 40.2 Å². The predicted octanol–water partition coefficient (Wildman–Crippen LogP) is 5.30. The van der Waals surface area contributed by atoms with Gasteiger partial charge in [0.1, 0.15) is 11.3 Å². The molecule has 4 heterocycles. The normalized spacial score (nSPS) is 21.1. The summed E-state index contributed by atoms with van der Waals surface area (Å²) in [6, 6.07) is 4.21. The SMILES string of the molecule is C[C@H](c1ccc(Cl)cc1Cl)n1nc(C(F)(F)F)c2ncc(N3CC([C@H]4CCCN(O)C4)C3)nc21. The van der Waals surface area contributed by atoms with E-state index >= 15 is 0 Å². The molecule has 5 rings (SSSR count). The minimum Gasteiger partial charge on any atom is -0.355 e. The van der Waals surface area contributed by atoms with Crippen LogP contribution in [-0.2, 0) is 6.18 Å². The van der Waals surface area contributed by atoms with E-state index in [1.807, 2.05) is 4.90 Å². The lowest BCUT2D eigenvalue weighted by molar-refractivity contribution is -0.140. The first-order valence-electron chi connectivity index (χ1n) is 11.1. The predicted molar refractivity (Wildman–Crippen MR) is 122 cm³/mol. The number of hydrogen-bond acceptors (Lipinski definition) is 6. The van der Waals surface area contributed by atoms with Crippen molar-refractivity contribution in [3.8, 4) is 0 Å². The monoisotopic (exact) mass is 514 g/mol. The number of aromatic nitrogens is 4. The molecule has 2 aliphatic heterocycles. The maximum absolute atomic E-state index is 13.7. The van der Waals surface area contributed by atoms with E-state index in [-0.39, 0.29) is 11.2 Å². The quantitative estimate of drug-likeness (QED) is 0.509. The maximum Gasteiger partial charge on any atom is 0.437 e. The molecule has 2 fully saturated rings. The van der Waals surface area contributed by atoms with Crippen molar-refractivity contribution in [3.05, 3.63) is 45.7 Å². The molecule has 0 saturated carbocycles. The highest BCUT2D eigenvalue weighted by Gasteiger charge is 2.40. The van der Waals surface area contributed by atoms with Crippen LogP contribution in [0.15, 0.2) is 24.4 Å². The fraction of sp³-hybridized carbons (Fsp3) is 0.500. The fourth-order valence-corrected chi connectivity index (χ4v) is 5.42. The van der Waals surface area contributed by atoms with Crippen molar-refractivity contribution in [1.82, 2.24) is 24.8 Å². The number of nitrogens with zero attached hydrogens (tertiary/aromatic N) is 6. The lowest BCUT2D eigenvalue weighted by atomic mass is 9.81. The van der Waals surface area contributed by atoms with Crippen LogP contribution in [0, 0.1) is 11.8 Å². The number of halogens is 5. The molecule has 3 aromatic rings. The zero-order valence-corrected chi connectivity index (χ0v) is 19.8. The Balaban J connectivity index is 1.47. The van der Waals surface area contributed by atoms with E-state index in [4.69, 9.17) is 23.2 Å². The number of benzene rings is 1. The lowest BCUT2D eigenvalue weighted by Crippen LogP contribution is -2.53. The summed E-state index contributed by atoms with van der Waals surface area (Å²) < 4.78 is 42.4. The maximum atomic E-state index is 13.7. The largest absolute Gasteiger partial charge is 0.437 e. The van der Waals surface area contributed by atoms with Crippen LogP contribution in [0.4, 0.5) is 19.0 Å². The van der Waals surface area contributed by atoms with Gasteiger partial charge in [-0.3, -0.25) is 0 Å². The lowest BCUT2D eigenvalue weighted by Gasteiger charge is -2.46. The van der Waals surface area contributed by atoms with Gasteiger partial charge in [-0.15, -0.1) is 0 Å². The second kappa shape index (κ2) is 8.82. The van der Waals surface area contributed by atoms with E-state index in [9.17, 15) is 18.4 Å². The van der Waals surface area contributed by atoms with Gasteiger partial charge in [0.15, 0.2) is 11.3 Å². The molecule has 0 radical (unpaired) electrons. The Hall–Kier alpha value is -2.14. The average Bonchev–Trinajstić information content (AvgIpc) is 3.12. The first kappa shape index (κ1) is 23.6. The van der Waals surface area contributed by atoms with Gasteiger partial charge in [0.2, 0.25) is 0 Å². The van der Waals surface area contributed by atoms with Crippen LogP contribution in [0.2, 0.25) is 10.0 Å². The van der Waals surface area contributed by atoms with Gasteiger partial charge in [-0.2, -0.15) is 23.3 Å². The standard InChI is InChI=1S/C22H23Cl2F3N6O/c1-12(16-5-4-15(23)7-17(16)24)33-21-19(20(30-33)22(25,26)27)28-8-18(29-21)31-9-14(10-31)13-3-2-6-32(34)11-13/h4-5,7-8,12-14,34H,2-3,6,9-11H2,1H3/t12-,13+/m1/s1. The molecule has 0 bridgehead atoms. The number of hydroxylamine groups is 2. The first-order valence-corrected chi connectivity index (χ1v) is 11.8. The van der Waals surface area contributed by atoms with Crippen LogP contribution in [0.1, 0.15) is 37.1 Å². The van der Waals surface area contributed by atoms with Gasteiger partial charge < -0.3 is 10.1 Å². The summed E-state index contributed by atoms with van der Waals surface area (Å²) in [4.78, 5) is 10.7. The van der Waals surface area contributed by atoms with Crippen molar-refractivity contribution in [3.63, 3.8) is 0 Å². The van der Waals surface area contributed by atoms with Gasteiger partial charge in [0, 0.05) is 36.2 Å². The van der Waals surface area contributed by atoms with E-state index in [0.717, 1.165) is 25.9 Å². The third-order valence-electron chi connectivity index (χ3n) is 6.78. The number of piperidine rings is 1. The third-order valence-corrected chi connectivity index (χ3v) is 7.34. The molecule has 2 saturated heterocycles. The topological polar surface area (TPSA) is 70.3 Å². The van der Waals surface area contributed by atoms with Crippen molar-refractivity contribution < 1.29 is 18.4 Å². The van der Waals surface area contributed by atoms with Gasteiger partial charge in [-0.05, 0) is 49.3 Å². The Kier molecular flexibility index (Phi) is 6.12. The molecule has 2 aliphatic rings. The van der Waals surface area contributed by atoms with E-state index in [0.29, 0.717) is 46.4 Å². The van der Waals surface area contributed by atoms with Gasteiger partial charge in [-0.1, -0.05) is 29.3 Å². The van der Waals surface area contributed by atoms with Gasteiger partial charge in [0.05, 0.1) is 12.2 Å². The molecule has 2 atom stereocenters. The number of rotatable bonds is 4. The van der Waals surface area contributed by atoms with E-state index in [1.54, 1.807) is 25.1 Å². The molecule has 1 aromatic carbocycles. The van der Waals surface area contributed by atoms with Crippen LogP contribution in [0.5, 0.6) is 0 Å². The molecule has 1 N–H and O–H groups in total. The summed E-state index contributed by atoms with van der Waals surface area (Å²) in [6.07, 6.45) is -1.30. The molecule has 7 nitrogen and oxygen atoms in total. The Labute approximate surface area is 204 Å². The number of anilines is 1. The molecule has 0 aliphatic carbocycles. The van der Waals surface area contributed by atoms with Crippen molar-refractivity contribution in [2.45, 2.75) is 32.0 Å². The molecule has 0 amide bonds. The van der Waals surface area contributed by atoms with E-state index in [2.05, 4.69) is 15.1 Å². The van der Waals surface area contributed by atoms with E-state index in [1.165, 1.54) is 15.9 Å². The van der Waals surface area contributed by atoms with Crippen molar-refractivity contribution in [1.29, 1.82) is 0 Å². The van der Waals surface area contributed by atoms with Gasteiger partial charge >= 0.3 is 6.18 Å². The first-order chi connectivity index (χ1) is 16.1. The van der Waals surface area contributed by atoms with Crippen LogP contribution in [-0.4, -0.2) is 56.2 Å². The molecular formula is C22H23Cl2F3N6O. The second-order valence-corrected chi connectivity index (χ2v) is 9.86. The summed E-state index contributed by atoms with van der Waals surface area (Å²) in [5.74, 6) is 1.29. The molecule has 34 heavy (non-hydrogen) atoms. The second-order valence-electron chi connectivity index (χ2n) is 9.01. The average molecular weight is 515 g/mol. The van der Waals surface area contributed by atoms with Gasteiger partial charge in [-0.25, -0.2) is 14.6 Å². The summed E-state index contributed by atoms with van der Waals surface area (Å²) in [5.41, 5.74) is -0.754. The third kappa shape index (κ3) is 4.32. The minimum absolute atomic E-state index is 0.0472. The molecule has 182 valence electrons. The Morgan fingerprint density at radius 1 is 1.15 bits per heavy atom. The summed E-state index contributed by atoms with van der Waals surface area (Å²) in [6.45, 7) is 4.48. The number of alkyl halides is 3. The zero-order valence-electron chi connectivity index (χ0n) is 18.3. The Morgan fingerprint density at radius 3 is 2.59 bits per heavy atom. The number of fused-ring (bicyclic) bond motifs is 1. The van der Waals surface area contributed by atoms with E-state index < -0.39 is 17.9 Å². The Morgan fingerprint density at radius 2 is 1.91 bits per heavy atom.